The number of rotatable bonds is 4. The number of carboxylic acid groups (broad SMARTS) is 1. The van der Waals surface area contributed by atoms with Gasteiger partial charge < -0.3 is 15.3 Å². The molecule has 5 nitrogen and oxygen atoms in total. The Kier molecular flexibility index (Phi) is 5.25. The second kappa shape index (κ2) is 6.47. The lowest BCUT2D eigenvalue weighted by Crippen LogP contribution is -2.50. The topological polar surface area (TPSA) is 69.6 Å². The molecule has 1 aliphatic heterocycles. The quantitative estimate of drug-likeness (QED) is 0.788. The molecule has 1 fully saturated rings. The minimum Gasteiger partial charge on any atom is -0.480 e. The zero-order valence-corrected chi connectivity index (χ0v) is 10.6. The van der Waals surface area contributed by atoms with Crippen LogP contribution in [0.5, 0.6) is 0 Å². The van der Waals surface area contributed by atoms with Gasteiger partial charge in [0.25, 0.3) is 0 Å². The van der Waals surface area contributed by atoms with Crippen LogP contribution >= 0.6 is 0 Å². The Morgan fingerprint density at radius 2 is 2.00 bits per heavy atom. The molecule has 1 saturated heterocycles. The molecule has 98 valence electrons. The van der Waals surface area contributed by atoms with Crippen LogP contribution in [0.3, 0.4) is 0 Å². The van der Waals surface area contributed by atoms with Gasteiger partial charge in [-0.15, -0.1) is 0 Å². The Balaban J connectivity index is 2.44. The van der Waals surface area contributed by atoms with E-state index in [4.69, 9.17) is 5.11 Å². The monoisotopic (exact) mass is 242 g/mol. The van der Waals surface area contributed by atoms with E-state index in [9.17, 15) is 9.59 Å². The number of urea groups is 1. The minimum atomic E-state index is -0.953. The number of nitrogens with zero attached hydrogens (tertiary/aromatic N) is 1. The molecule has 0 unspecified atom stereocenters. The van der Waals surface area contributed by atoms with Gasteiger partial charge in [-0.05, 0) is 25.2 Å². The Hall–Kier alpha value is -1.26. The molecule has 0 saturated carbocycles. The van der Waals surface area contributed by atoms with E-state index in [1.165, 1.54) is 0 Å². The summed E-state index contributed by atoms with van der Waals surface area (Å²) in [6.45, 7) is 5.54. The van der Waals surface area contributed by atoms with E-state index < -0.39 is 12.0 Å². The Morgan fingerprint density at radius 3 is 2.47 bits per heavy atom. The predicted molar refractivity (Wildman–Crippen MR) is 64.8 cm³/mol. The van der Waals surface area contributed by atoms with Gasteiger partial charge in [-0.1, -0.05) is 20.3 Å². The first kappa shape index (κ1) is 13.8. The van der Waals surface area contributed by atoms with Crippen LogP contribution < -0.4 is 5.32 Å². The molecule has 17 heavy (non-hydrogen) atoms. The summed E-state index contributed by atoms with van der Waals surface area (Å²) >= 11 is 0. The number of hydrogen-bond donors (Lipinski definition) is 2. The second-order valence-corrected chi connectivity index (χ2v) is 4.80. The number of aliphatic carboxylic acids is 1. The summed E-state index contributed by atoms with van der Waals surface area (Å²) in [7, 11) is 0. The normalized spacial score (nSPS) is 18.8. The zero-order chi connectivity index (χ0) is 12.8. The van der Waals surface area contributed by atoms with Gasteiger partial charge in [0.15, 0.2) is 0 Å². The minimum absolute atomic E-state index is 0.238. The van der Waals surface area contributed by atoms with E-state index in [1.807, 2.05) is 6.92 Å². The molecule has 1 atom stereocenters. The number of nitrogens with one attached hydrogen (secondary N) is 1. The highest BCUT2D eigenvalue weighted by molar-refractivity contribution is 5.82. The van der Waals surface area contributed by atoms with Gasteiger partial charge in [0.2, 0.25) is 0 Å². The number of hydrogen-bond acceptors (Lipinski definition) is 2. The largest absolute Gasteiger partial charge is 0.480 e. The van der Waals surface area contributed by atoms with Crippen molar-refractivity contribution in [1.82, 2.24) is 10.2 Å². The van der Waals surface area contributed by atoms with Gasteiger partial charge in [-0.2, -0.15) is 0 Å². The number of likely N-dealkylation sites (tertiary alicyclic amines) is 1. The molecule has 0 aliphatic carbocycles. The van der Waals surface area contributed by atoms with Crippen molar-refractivity contribution in [3.63, 3.8) is 0 Å². The predicted octanol–water partition coefficient (Wildman–Crippen LogP) is 1.68. The van der Waals surface area contributed by atoms with E-state index in [1.54, 1.807) is 4.90 Å². The highest BCUT2D eigenvalue weighted by Crippen LogP contribution is 2.16. The first-order valence-corrected chi connectivity index (χ1v) is 6.32. The van der Waals surface area contributed by atoms with Gasteiger partial charge in [-0.3, -0.25) is 0 Å². The molecule has 1 rings (SSSR count). The van der Waals surface area contributed by atoms with Crippen LogP contribution in [0.1, 0.15) is 39.5 Å². The van der Waals surface area contributed by atoms with Crippen LogP contribution in [0.2, 0.25) is 0 Å². The maximum atomic E-state index is 11.8. The number of carbonyl (C=O) groups excluding carboxylic acids is 1. The summed E-state index contributed by atoms with van der Waals surface area (Å²) in [5.41, 5.74) is 0. The van der Waals surface area contributed by atoms with E-state index in [-0.39, 0.29) is 6.03 Å². The third kappa shape index (κ3) is 4.24. The van der Waals surface area contributed by atoms with Crippen molar-refractivity contribution in [3.8, 4) is 0 Å². The summed E-state index contributed by atoms with van der Waals surface area (Å²) in [6.07, 6.45) is 3.22. The third-order valence-corrected chi connectivity index (χ3v) is 3.24. The standard InChI is InChI=1S/C12H22N2O3/c1-3-4-10(11(15)16)13-12(17)14-7-5-9(2)6-8-14/h9-10H,3-8H2,1-2H3,(H,13,17)(H,15,16)/t10-/m0/s1. The Labute approximate surface area is 102 Å². The average molecular weight is 242 g/mol. The molecule has 0 aromatic heterocycles. The lowest BCUT2D eigenvalue weighted by Gasteiger charge is -2.31. The highest BCUT2D eigenvalue weighted by Gasteiger charge is 2.24. The van der Waals surface area contributed by atoms with Crippen LogP contribution in [0.15, 0.2) is 0 Å². The summed E-state index contributed by atoms with van der Waals surface area (Å²) in [5, 5.41) is 11.5. The zero-order valence-electron chi connectivity index (χ0n) is 10.6. The molecule has 2 N–H and O–H groups in total. The summed E-state index contributed by atoms with van der Waals surface area (Å²) in [4.78, 5) is 24.5. The SMILES string of the molecule is CCC[C@H](NC(=O)N1CCC(C)CC1)C(=O)O. The number of amides is 2. The maximum absolute atomic E-state index is 11.8. The van der Waals surface area contributed by atoms with Gasteiger partial charge in [0.05, 0.1) is 0 Å². The van der Waals surface area contributed by atoms with E-state index >= 15 is 0 Å². The van der Waals surface area contributed by atoms with Gasteiger partial charge in [-0.25, -0.2) is 9.59 Å². The Morgan fingerprint density at radius 1 is 1.41 bits per heavy atom. The maximum Gasteiger partial charge on any atom is 0.326 e. The number of carbonyl (C=O) groups is 2. The molecule has 0 aromatic rings. The van der Waals surface area contributed by atoms with Crippen molar-refractivity contribution in [3.05, 3.63) is 0 Å². The van der Waals surface area contributed by atoms with Gasteiger partial charge in [0, 0.05) is 13.1 Å². The smallest absolute Gasteiger partial charge is 0.326 e. The fourth-order valence-electron chi connectivity index (χ4n) is 2.00. The summed E-state index contributed by atoms with van der Waals surface area (Å²) in [5.74, 6) is -0.296. The molecule has 0 spiro atoms. The molecular formula is C12H22N2O3. The van der Waals surface area contributed by atoms with Crippen molar-refractivity contribution in [2.24, 2.45) is 5.92 Å². The second-order valence-electron chi connectivity index (χ2n) is 4.80. The number of piperidine rings is 1. The molecule has 2 amide bonds. The van der Waals surface area contributed by atoms with Gasteiger partial charge >= 0.3 is 12.0 Å². The van der Waals surface area contributed by atoms with Crippen LogP contribution in [0, 0.1) is 5.92 Å². The van der Waals surface area contributed by atoms with Crippen LogP contribution in [-0.4, -0.2) is 41.1 Å². The van der Waals surface area contributed by atoms with E-state index in [2.05, 4.69) is 12.2 Å². The number of carboxylic acids is 1. The van der Waals surface area contributed by atoms with Crippen molar-refractivity contribution < 1.29 is 14.7 Å². The first-order valence-electron chi connectivity index (χ1n) is 6.32. The van der Waals surface area contributed by atoms with Crippen molar-refractivity contribution in [2.45, 2.75) is 45.6 Å². The van der Waals surface area contributed by atoms with Crippen molar-refractivity contribution >= 4 is 12.0 Å². The fraction of sp³-hybridized carbons (Fsp3) is 0.833. The first-order chi connectivity index (χ1) is 8.04. The van der Waals surface area contributed by atoms with Crippen LogP contribution in [0.4, 0.5) is 4.79 Å². The van der Waals surface area contributed by atoms with E-state index in [0.717, 1.165) is 32.4 Å². The molecule has 0 aromatic carbocycles. The molecule has 0 bridgehead atoms. The lowest BCUT2D eigenvalue weighted by molar-refractivity contribution is -0.139. The Bertz CT molecular complexity index is 273. The van der Waals surface area contributed by atoms with E-state index in [0.29, 0.717) is 12.3 Å². The fourth-order valence-corrected chi connectivity index (χ4v) is 2.00. The molecule has 0 radical (unpaired) electrons. The highest BCUT2D eigenvalue weighted by atomic mass is 16.4. The lowest BCUT2D eigenvalue weighted by atomic mass is 9.99. The molecule has 5 heteroatoms. The molecule has 1 heterocycles. The summed E-state index contributed by atoms with van der Waals surface area (Å²) in [6, 6.07) is -0.996. The molecule has 1 aliphatic rings. The average Bonchev–Trinajstić information content (AvgIpc) is 2.29. The van der Waals surface area contributed by atoms with Gasteiger partial charge in [0.1, 0.15) is 6.04 Å². The third-order valence-electron chi connectivity index (χ3n) is 3.24. The molecular weight excluding hydrogens is 220 g/mol. The summed E-state index contributed by atoms with van der Waals surface area (Å²) < 4.78 is 0. The van der Waals surface area contributed by atoms with Crippen LogP contribution in [0.25, 0.3) is 0 Å². The van der Waals surface area contributed by atoms with Crippen LogP contribution in [-0.2, 0) is 4.79 Å². The van der Waals surface area contributed by atoms with Crippen molar-refractivity contribution in [2.75, 3.05) is 13.1 Å². The van der Waals surface area contributed by atoms with Crippen molar-refractivity contribution in [1.29, 1.82) is 0 Å².